The number of nitrogens with two attached hydrogens (primary N) is 1. The van der Waals surface area contributed by atoms with E-state index in [0.717, 1.165) is 22.3 Å². The highest BCUT2D eigenvalue weighted by atomic mass is 19.1. The summed E-state index contributed by atoms with van der Waals surface area (Å²) in [5.41, 5.74) is 10.3. The summed E-state index contributed by atoms with van der Waals surface area (Å²) in [6.45, 7) is 0.582. The van der Waals surface area contributed by atoms with Crippen LogP contribution in [-0.4, -0.2) is 20.2 Å². The number of carbonyl (C=O) groups excluding carboxylic acids is 1. The van der Waals surface area contributed by atoms with Gasteiger partial charge in [-0.1, -0.05) is 24.3 Å². The molecule has 0 saturated carbocycles. The average molecular weight is 449 g/mol. The molecule has 3 aromatic carbocycles. The average Bonchev–Trinajstić information content (AvgIpc) is 3.22. The molecule has 7 heteroatoms. The molecule has 1 heterocycles. The minimum absolute atomic E-state index is 0.0684. The van der Waals surface area contributed by atoms with Crippen LogP contribution in [0.5, 0.6) is 11.5 Å². The first-order valence-corrected chi connectivity index (χ1v) is 10.4. The van der Waals surface area contributed by atoms with Gasteiger partial charge in [-0.05, 0) is 41.0 Å². The van der Waals surface area contributed by atoms with Crippen molar-refractivity contribution in [2.45, 2.75) is 19.6 Å². The molecule has 0 aliphatic heterocycles. The number of carbonyl (C=O) groups is 1. The van der Waals surface area contributed by atoms with Gasteiger partial charge in [-0.3, -0.25) is 4.79 Å². The molecule has 0 aliphatic rings. The van der Waals surface area contributed by atoms with Crippen LogP contribution in [0, 0.1) is 6.01 Å². The second-order valence-corrected chi connectivity index (χ2v) is 7.53. The van der Waals surface area contributed by atoms with E-state index in [2.05, 4.69) is 0 Å². The quantitative estimate of drug-likeness (QED) is 0.381. The van der Waals surface area contributed by atoms with E-state index in [1.165, 1.54) is 13.2 Å². The number of methoxy groups -OCH3 is 2. The fourth-order valence-corrected chi connectivity index (χ4v) is 3.68. The first kappa shape index (κ1) is 22.4. The minimum atomic E-state index is -0.660. The lowest BCUT2D eigenvalue weighted by Crippen LogP contribution is -2.07. The van der Waals surface area contributed by atoms with Crippen molar-refractivity contribution in [3.63, 3.8) is 0 Å². The van der Waals surface area contributed by atoms with Crippen LogP contribution in [0.3, 0.4) is 0 Å². The topological polar surface area (TPSA) is 83.9 Å². The van der Waals surface area contributed by atoms with E-state index >= 15 is 0 Å². The summed E-state index contributed by atoms with van der Waals surface area (Å²) in [5, 5.41) is 0.627. The van der Waals surface area contributed by atoms with Crippen molar-refractivity contribution in [2.75, 3.05) is 14.2 Å². The zero-order chi connectivity index (χ0) is 23.4. The molecule has 6 nitrogen and oxygen atoms in total. The zero-order valence-electron chi connectivity index (χ0n) is 18.4. The molecule has 0 fully saturated rings. The monoisotopic (exact) mass is 449 g/mol. The van der Waals surface area contributed by atoms with Gasteiger partial charge in [-0.2, -0.15) is 4.39 Å². The smallest absolute Gasteiger partial charge is 0.310 e. The van der Waals surface area contributed by atoms with Gasteiger partial charge in [0.25, 0.3) is 6.01 Å². The van der Waals surface area contributed by atoms with E-state index < -0.39 is 6.01 Å². The SMILES string of the molecule is COC(=O)Cc1ccc(OC)cc1OCc1cc(-c2cccc(CN)c2)c2oc(F)cc2c1. The number of hydrogen-bond acceptors (Lipinski definition) is 6. The Morgan fingerprint density at radius 1 is 1.03 bits per heavy atom. The maximum Gasteiger partial charge on any atom is 0.310 e. The van der Waals surface area contributed by atoms with Crippen LogP contribution in [-0.2, 0) is 29.1 Å². The third kappa shape index (κ3) is 4.99. The Bertz CT molecular complexity index is 1300. The normalized spacial score (nSPS) is 10.9. The summed E-state index contributed by atoms with van der Waals surface area (Å²) in [5.74, 6) is 0.734. The molecular weight excluding hydrogens is 425 g/mol. The Labute approximate surface area is 190 Å². The van der Waals surface area contributed by atoms with E-state index in [1.54, 1.807) is 25.3 Å². The van der Waals surface area contributed by atoms with Gasteiger partial charge in [0.15, 0.2) is 0 Å². The molecule has 4 aromatic rings. The van der Waals surface area contributed by atoms with Crippen LogP contribution in [0.15, 0.2) is 65.1 Å². The molecule has 33 heavy (non-hydrogen) atoms. The minimum Gasteiger partial charge on any atom is -0.497 e. The number of hydrogen-bond donors (Lipinski definition) is 1. The number of fused-ring (bicyclic) bond motifs is 1. The molecule has 0 aliphatic carbocycles. The van der Waals surface area contributed by atoms with Gasteiger partial charge in [-0.25, -0.2) is 0 Å². The molecule has 1 aromatic heterocycles. The number of furan rings is 1. The molecule has 170 valence electrons. The van der Waals surface area contributed by atoms with E-state index in [9.17, 15) is 9.18 Å². The third-order valence-electron chi connectivity index (χ3n) is 5.35. The van der Waals surface area contributed by atoms with Crippen LogP contribution in [0.1, 0.15) is 16.7 Å². The first-order valence-electron chi connectivity index (χ1n) is 10.4. The van der Waals surface area contributed by atoms with E-state index in [-0.39, 0.29) is 19.0 Å². The molecule has 4 rings (SSSR count). The number of rotatable bonds is 8. The number of halogens is 1. The number of benzene rings is 3. The van der Waals surface area contributed by atoms with E-state index in [1.807, 2.05) is 36.4 Å². The van der Waals surface area contributed by atoms with Crippen LogP contribution >= 0.6 is 0 Å². The lowest BCUT2D eigenvalue weighted by atomic mass is 9.99. The molecule has 0 radical (unpaired) electrons. The van der Waals surface area contributed by atoms with E-state index in [4.69, 9.17) is 24.4 Å². The predicted octanol–water partition coefficient (Wildman–Crippen LogP) is 5.00. The Balaban J connectivity index is 1.69. The Kier molecular flexibility index (Phi) is 6.60. The summed E-state index contributed by atoms with van der Waals surface area (Å²) in [6, 6.07) is 17.4. The lowest BCUT2D eigenvalue weighted by molar-refractivity contribution is -0.139. The maximum atomic E-state index is 14.0. The molecular formula is C26H24FNO5. The molecule has 2 N–H and O–H groups in total. The van der Waals surface area contributed by atoms with Gasteiger partial charge in [-0.15, -0.1) is 0 Å². The van der Waals surface area contributed by atoms with Crippen molar-refractivity contribution in [1.29, 1.82) is 0 Å². The van der Waals surface area contributed by atoms with Crippen LogP contribution in [0.25, 0.3) is 22.1 Å². The van der Waals surface area contributed by atoms with Crippen LogP contribution < -0.4 is 15.2 Å². The van der Waals surface area contributed by atoms with Gasteiger partial charge in [0.05, 0.1) is 20.6 Å². The van der Waals surface area contributed by atoms with Crippen LogP contribution in [0.2, 0.25) is 0 Å². The Hall–Kier alpha value is -3.84. The summed E-state index contributed by atoms with van der Waals surface area (Å²) in [7, 11) is 2.90. The number of ether oxygens (including phenoxy) is 3. The Morgan fingerprint density at radius 2 is 1.88 bits per heavy atom. The summed E-state index contributed by atoms with van der Waals surface area (Å²) in [6.07, 6.45) is 0.0684. The maximum absolute atomic E-state index is 14.0. The molecule has 0 amide bonds. The van der Waals surface area contributed by atoms with E-state index in [0.29, 0.717) is 34.6 Å². The Morgan fingerprint density at radius 3 is 2.64 bits per heavy atom. The summed E-state index contributed by atoms with van der Waals surface area (Å²) < 4.78 is 35.4. The van der Waals surface area contributed by atoms with Gasteiger partial charge in [0, 0.05) is 35.2 Å². The molecule has 0 saturated heterocycles. The van der Waals surface area contributed by atoms with Gasteiger partial charge in [0.2, 0.25) is 0 Å². The highest BCUT2D eigenvalue weighted by molar-refractivity contribution is 5.93. The third-order valence-corrected chi connectivity index (χ3v) is 5.35. The van der Waals surface area contributed by atoms with Crippen LogP contribution in [0.4, 0.5) is 4.39 Å². The molecule has 0 spiro atoms. The number of esters is 1. The zero-order valence-corrected chi connectivity index (χ0v) is 18.4. The summed E-state index contributed by atoms with van der Waals surface area (Å²) in [4.78, 5) is 11.8. The molecule has 0 unspecified atom stereocenters. The second-order valence-electron chi connectivity index (χ2n) is 7.53. The van der Waals surface area contributed by atoms with Crippen molar-refractivity contribution < 1.29 is 27.8 Å². The van der Waals surface area contributed by atoms with Crippen molar-refractivity contribution in [3.8, 4) is 22.6 Å². The molecule has 0 bridgehead atoms. The van der Waals surface area contributed by atoms with Gasteiger partial charge >= 0.3 is 5.97 Å². The van der Waals surface area contributed by atoms with Crippen molar-refractivity contribution in [1.82, 2.24) is 0 Å². The largest absolute Gasteiger partial charge is 0.497 e. The predicted molar refractivity (Wildman–Crippen MR) is 123 cm³/mol. The second kappa shape index (κ2) is 9.75. The lowest BCUT2D eigenvalue weighted by Gasteiger charge is -2.14. The van der Waals surface area contributed by atoms with Crippen molar-refractivity contribution in [3.05, 3.63) is 83.4 Å². The highest BCUT2D eigenvalue weighted by Gasteiger charge is 2.15. The standard InChI is InChI=1S/C26H24FNO5/c1-30-21-7-6-19(12-25(29)31-2)23(13-21)32-15-17-9-20-11-24(27)33-26(20)22(10-17)18-5-3-4-16(8-18)14-28/h3-11,13H,12,14-15,28H2,1-2H3. The first-order chi connectivity index (χ1) is 16.0. The van der Waals surface area contributed by atoms with Gasteiger partial charge in [0.1, 0.15) is 23.7 Å². The fraction of sp³-hybridized carbons (Fsp3) is 0.192. The van der Waals surface area contributed by atoms with Crippen molar-refractivity contribution >= 4 is 16.9 Å². The van der Waals surface area contributed by atoms with Gasteiger partial charge < -0.3 is 24.4 Å². The molecule has 0 atom stereocenters. The fourth-order valence-electron chi connectivity index (χ4n) is 3.68. The van der Waals surface area contributed by atoms with Crippen molar-refractivity contribution in [2.24, 2.45) is 5.73 Å². The highest BCUT2D eigenvalue weighted by Crippen LogP contribution is 2.34. The summed E-state index contributed by atoms with van der Waals surface area (Å²) >= 11 is 0.